The van der Waals surface area contributed by atoms with Crippen molar-refractivity contribution in [2.45, 2.75) is 26.3 Å². The monoisotopic (exact) mass is 477 g/mol. The summed E-state index contributed by atoms with van der Waals surface area (Å²) in [6.07, 6.45) is 0.692. The summed E-state index contributed by atoms with van der Waals surface area (Å²) in [6.45, 7) is 8.08. The fraction of sp³-hybridized carbons (Fsp3) is 0.385. The average Bonchev–Trinajstić information content (AvgIpc) is 3.13. The van der Waals surface area contributed by atoms with Crippen LogP contribution in [0.1, 0.15) is 45.3 Å². The second kappa shape index (κ2) is 9.24. The molecule has 1 amide bonds. The number of benzene rings is 2. The summed E-state index contributed by atoms with van der Waals surface area (Å²) in [5.41, 5.74) is 2.69. The number of amides is 1. The summed E-state index contributed by atoms with van der Waals surface area (Å²) >= 11 is 0. The highest BCUT2D eigenvalue weighted by Crippen LogP contribution is 2.39. The van der Waals surface area contributed by atoms with Gasteiger partial charge in [-0.2, -0.15) is 0 Å². The van der Waals surface area contributed by atoms with Gasteiger partial charge in [-0.15, -0.1) is 0 Å². The number of rotatable bonds is 6. The minimum Gasteiger partial charge on any atom is -0.450 e. The maximum atomic E-state index is 13.7. The number of hydrogen-bond donors (Lipinski definition) is 0. The number of carbonyl (C=O) groups is 1. The predicted octanol–water partition coefficient (Wildman–Crippen LogP) is 3.59. The Balaban J connectivity index is 1.58. The number of ether oxygens (including phenoxy) is 1. The van der Waals surface area contributed by atoms with E-state index in [4.69, 9.17) is 9.15 Å². The molecule has 0 radical (unpaired) electrons. The van der Waals surface area contributed by atoms with E-state index in [0.717, 1.165) is 30.8 Å². The summed E-state index contributed by atoms with van der Waals surface area (Å²) in [5.74, 6) is -0.343. The molecule has 9 heteroatoms. The normalized spacial score (nSPS) is 18.3. The largest absolute Gasteiger partial charge is 0.450 e. The fourth-order valence-electron chi connectivity index (χ4n) is 4.95. The van der Waals surface area contributed by atoms with E-state index in [1.807, 2.05) is 13.8 Å². The molecule has 1 fully saturated rings. The van der Waals surface area contributed by atoms with Gasteiger partial charge in [0.2, 0.25) is 5.76 Å². The summed E-state index contributed by atoms with van der Waals surface area (Å²) in [7, 11) is 0. The molecule has 0 N–H and O–H groups in total. The third-order valence-electron chi connectivity index (χ3n) is 6.96. The van der Waals surface area contributed by atoms with E-state index in [-0.39, 0.29) is 28.3 Å². The van der Waals surface area contributed by atoms with Crippen LogP contribution in [0.2, 0.25) is 0 Å². The topological polar surface area (TPSA) is 106 Å². The van der Waals surface area contributed by atoms with Crippen LogP contribution in [0.3, 0.4) is 0 Å². The lowest BCUT2D eigenvalue weighted by molar-refractivity contribution is -0.384. The molecule has 3 aromatic rings. The number of aryl methyl sites for hydroxylation is 2. The molecule has 1 saturated heterocycles. The standard InChI is InChI=1S/C26H27N3O6/c1-16-13-20-21(14-17(16)2)35-25-22(24(20)30)23(18-5-3-6-19(15-18)29(32)33)28(26(25)31)8-4-7-27-9-11-34-12-10-27/h3,5-6,13-15,23H,4,7-12H2,1-2H3/t23-/m1/s1. The number of non-ortho nitro benzene ring substituents is 1. The third kappa shape index (κ3) is 4.21. The van der Waals surface area contributed by atoms with Gasteiger partial charge >= 0.3 is 0 Å². The molecule has 0 unspecified atom stereocenters. The number of nitro groups is 1. The maximum absolute atomic E-state index is 13.7. The molecule has 3 heterocycles. The third-order valence-corrected chi connectivity index (χ3v) is 6.96. The molecule has 0 spiro atoms. The van der Waals surface area contributed by atoms with Crippen molar-refractivity contribution >= 4 is 22.6 Å². The Labute approximate surface area is 202 Å². The second-order valence-corrected chi connectivity index (χ2v) is 9.17. The Bertz CT molecular complexity index is 1380. The Kier molecular flexibility index (Phi) is 6.12. The first-order valence-corrected chi connectivity index (χ1v) is 11.8. The lowest BCUT2D eigenvalue weighted by atomic mass is 9.97. The van der Waals surface area contributed by atoms with Gasteiger partial charge in [0, 0.05) is 38.3 Å². The van der Waals surface area contributed by atoms with Crippen LogP contribution in [0.15, 0.2) is 45.6 Å². The first kappa shape index (κ1) is 23.2. The van der Waals surface area contributed by atoms with Crippen molar-refractivity contribution in [1.82, 2.24) is 9.80 Å². The van der Waals surface area contributed by atoms with Gasteiger partial charge in [-0.05, 0) is 49.1 Å². The molecule has 0 saturated carbocycles. The highest BCUT2D eigenvalue weighted by atomic mass is 16.6. The molecule has 0 bridgehead atoms. The van der Waals surface area contributed by atoms with Gasteiger partial charge in [0.1, 0.15) is 5.58 Å². The highest BCUT2D eigenvalue weighted by molar-refractivity contribution is 5.99. The van der Waals surface area contributed by atoms with Crippen LogP contribution in [0.4, 0.5) is 5.69 Å². The average molecular weight is 478 g/mol. The molecule has 182 valence electrons. The molecule has 2 aliphatic rings. The van der Waals surface area contributed by atoms with Gasteiger partial charge in [0.25, 0.3) is 11.6 Å². The van der Waals surface area contributed by atoms with Crippen LogP contribution in [-0.4, -0.2) is 60.0 Å². The van der Waals surface area contributed by atoms with E-state index in [1.54, 1.807) is 29.2 Å². The van der Waals surface area contributed by atoms with Crippen LogP contribution in [0, 0.1) is 24.0 Å². The van der Waals surface area contributed by atoms with E-state index in [1.165, 1.54) is 12.1 Å². The van der Waals surface area contributed by atoms with E-state index in [2.05, 4.69) is 4.90 Å². The highest BCUT2D eigenvalue weighted by Gasteiger charge is 2.43. The summed E-state index contributed by atoms with van der Waals surface area (Å²) < 4.78 is 11.4. The molecule has 2 aliphatic heterocycles. The number of fused-ring (bicyclic) bond motifs is 2. The van der Waals surface area contributed by atoms with E-state index in [9.17, 15) is 19.7 Å². The smallest absolute Gasteiger partial charge is 0.290 e. The minimum atomic E-state index is -0.746. The lowest BCUT2D eigenvalue weighted by Gasteiger charge is -2.29. The van der Waals surface area contributed by atoms with Crippen molar-refractivity contribution in [3.63, 3.8) is 0 Å². The van der Waals surface area contributed by atoms with Crippen LogP contribution in [-0.2, 0) is 4.74 Å². The SMILES string of the molecule is Cc1cc2oc3c(c(=O)c2cc1C)[C@@H](c1cccc([N+](=O)[O-])c1)N(CCCN1CCOCC1)C3=O. The van der Waals surface area contributed by atoms with E-state index < -0.39 is 11.0 Å². The molecular weight excluding hydrogens is 450 g/mol. The Hall–Kier alpha value is -3.56. The predicted molar refractivity (Wildman–Crippen MR) is 130 cm³/mol. The first-order valence-electron chi connectivity index (χ1n) is 11.8. The molecular formula is C26H27N3O6. The van der Waals surface area contributed by atoms with Crippen molar-refractivity contribution in [3.8, 4) is 0 Å². The van der Waals surface area contributed by atoms with Crippen molar-refractivity contribution in [1.29, 1.82) is 0 Å². The molecule has 2 aromatic carbocycles. The zero-order chi connectivity index (χ0) is 24.7. The quantitative estimate of drug-likeness (QED) is 0.395. The minimum absolute atomic E-state index is 0.0219. The fourth-order valence-corrected chi connectivity index (χ4v) is 4.95. The zero-order valence-corrected chi connectivity index (χ0v) is 19.8. The zero-order valence-electron chi connectivity index (χ0n) is 19.8. The molecule has 5 rings (SSSR count). The van der Waals surface area contributed by atoms with E-state index in [0.29, 0.717) is 42.7 Å². The Morgan fingerprint density at radius 2 is 1.80 bits per heavy atom. The molecule has 1 atom stereocenters. The molecule has 0 aliphatic carbocycles. The number of nitro benzene ring substituents is 1. The van der Waals surface area contributed by atoms with Crippen LogP contribution < -0.4 is 5.43 Å². The van der Waals surface area contributed by atoms with Gasteiger partial charge in [-0.3, -0.25) is 24.6 Å². The summed E-state index contributed by atoms with van der Waals surface area (Å²) in [5, 5.41) is 11.9. The molecule has 35 heavy (non-hydrogen) atoms. The van der Waals surface area contributed by atoms with Crippen molar-refractivity contribution in [3.05, 3.63) is 84.7 Å². The van der Waals surface area contributed by atoms with Gasteiger partial charge < -0.3 is 14.1 Å². The lowest BCUT2D eigenvalue weighted by Crippen LogP contribution is -2.38. The number of morpholine rings is 1. The number of nitrogens with zero attached hydrogens (tertiary/aromatic N) is 3. The van der Waals surface area contributed by atoms with Gasteiger partial charge in [0.05, 0.1) is 35.1 Å². The Morgan fingerprint density at radius 3 is 2.54 bits per heavy atom. The Morgan fingerprint density at radius 1 is 1.06 bits per heavy atom. The molecule has 1 aromatic heterocycles. The van der Waals surface area contributed by atoms with Gasteiger partial charge in [0.15, 0.2) is 5.43 Å². The van der Waals surface area contributed by atoms with E-state index >= 15 is 0 Å². The number of hydrogen-bond acceptors (Lipinski definition) is 7. The second-order valence-electron chi connectivity index (χ2n) is 9.17. The van der Waals surface area contributed by atoms with Crippen LogP contribution in [0.5, 0.6) is 0 Å². The number of carbonyl (C=O) groups excluding carboxylic acids is 1. The van der Waals surface area contributed by atoms with Crippen LogP contribution >= 0.6 is 0 Å². The van der Waals surface area contributed by atoms with Gasteiger partial charge in [-0.25, -0.2) is 0 Å². The summed E-state index contributed by atoms with van der Waals surface area (Å²) in [6, 6.07) is 8.96. The van der Waals surface area contributed by atoms with Crippen molar-refractivity contribution in [2.24, 2.45) is 0 Å². The molecule has 9 nitrogen and oxygen atoms in total. The van der Waals surface area contributed by atoms with Crippen molar-refractivity contribution in [2.75, 3.05) is 39.4 Å². The summed E-state index contributed by atoms with van der Waals surface area (Å²) in [4.78, 5) is 42.1. The van der Waals surface area contributed by atoms with Crippen LogP contribution in [0.25, 0.3) is 11.0 Å². The maximum Gasteiger partial charge on any atom is 0.290 e. The first-order chi connectivity index (χ1) is 16.8. The van der Waals surface area contributed by atoms with Gasteiger partial charge in [-0.1, -0.05) is 12.1 Å². The van der Waals surface area contributed by atoms with Crippen molar-refractivity contribution < 1.29 is 18.9 Å².